The van der Waals surface area contributed by atoms with E-state index in [9.17, 15) is 0 Å². The summed E-state index contributed by atoms with van der Waals surface area (Å²) < 4.78 is 5.38. The van der Waals surface area contributed by atoms with Gasteiger partial charge in [0.2, 0.25) is 5.89 Å². The molecule has 2 fully saturated rings. The van der Waals surface area contributed by atoms with Gasteiger partial charge >= 0.3 is 0 Å². The van der Waals surface area contributed by atoms with E-state index in [-0.39, 0.29) is 0 Å². The number of aryl methyl sites for hydroxylation is 1. The highest BCUT2D eigenvalue weighted by molar-refractivity contribution is 7.11. The molecule has 0 bridgehead atoms. The lowest BCUT2D eigenvalue weighted by molar-refractivity contribution is 0.105. The Labute approximate surface area is 146 Å². The lowest BCUT2D eigenvalue weighted by Gasteiger charge is -2.37. The highest BCUT2D eigenvalue weighted by Gasteiger charge is 2.30. The van der Waals surface area contributed by atoms with Crippen LogP contribution in [-0.2, 0) is 13.1 Å². The Morgan fingerprint density at radius 2 is 2.25 bits per heavy atom. The van der Waals surface area contributed by atoms with E-state index < -0.39 is 0 Å². The van der Waals surface area contributed by atoms with Crippen molar-refractivity contribution in [2.75, 3.05) is 20.1 Å². The number of piperidine rings is 1. The van der Waals surface area contributed by atoms with E-state index in [1.165, 1.54) is 30.6 Å². The van der Waals surface area contributed by atoms with Crippen LogP contribution >= 0.6 is 11.3 Å². The normalized spacial score (nSPS) is 22.4. The molecule has 2 aromatic rings. The van der Waals surface area contributed by atoms with Gasteiger partial charge < -0.3 is 4.52 Å². The first-order valence-corrected chi connectivity index (χ1v) is 9.65. The van der Waals surface area contributed by atoms with E-state index in [0.717, 1.165) is 42.9 Å². The van der Waals surface area contributed by atoms with Crippen molar-refractivity contribution in [2.24, 2.45) is 0 Å². The molecule has 0 unspecified atom stereocenters. The molecule has 7 heteroatoms. The number of hydrogen-bond acceptors (Lipinski definition) is 7. The molecule has 1 saturated heterocycles. The molecule has 0 radical (unpaired) electrons. The highest BCUT2D eigenvalue weighted by Crippen LogP contribution is 2.38. The first kappa shape index (κ1) is 16.2. The van der Waals surface area contributed by atoms with Gasteiger partial charge in [-0.05, 0) is 46.2 Å². The average Bonchev–Trinajstić information content (AvgIpc) is 3.19. The van der Waals surface area contributed by atoms with Crippen LogP contribution in [0.4, 0.5) is 0 Å². The summed E-state index contributed by atoms with van der Waals surface area (Å²) in [5.74, 6) is 2.23. The molecule has 6 nitrogen and oxygen atoms in total. The minimum absolute atomic E-state index is 0.536. The summed E-state index contributed by atoms with van der Waals surface area (Å²) in [7, 11) is 2.22. The summed E-state index contributed by atoms with van der Waals surface area (Å²) in [5, 5.41) is 5.31. The molecule has 1 saturated carbocycles. The Hall–Kier alpha value is -1.31. The zero-order valence-corrected chi connectivity index (χ0v) is 15.3. The molecular weight excluding hydrogens is 322 g/mol. The van der Waals surface area contributed by atoms with E-state index in [2.05, 4.69) is 38.9 Å². The molecule has 24 heavy (non-hydrogen) atoms. The molecule has 0 spiro atoms. The minimum Gasteiger partial charge on any atom is -0.339 e. The molecule has 0 aromatic carbocycles. The number of likely N-dealkylation sites (tertiary alicyclic amines) is 1. The monoisotopic (exact) mass is 347 g/mol. The predicted molar refractivity (Wildman–Crippen MR) is 92.9 cm³/mol. The predicted octanol–water partition coefficient (Wildman–Crippen LogP) is 2.81. The topological polar surface area (TPSA) is 58.3 Å². The van der Waals surface area contributed by atoms with Crippen LogP contribution in [-0.4, -0.2) is 51.1 Å². The van der Waals surface area contributed by atoms with Gasteiger partial charge in [0.1, 0.15) is 0 Å². The molecule has 3 heterocycles. The Bertz CT molecular complexity index is 680. The third-order valence-electron chi connectivity index (χ3n) is 4.95. The third kappa shape index (κ3) is 3.84. The molecular formula is C17H25N5OS. The zero-order valence-electron chi connectivity index (χ0n) is 14.4. The van der Waals surface area contributed by atoms with Crippen molar-refractivity contribution in [3.63, 3.8) is 0 Å². The van der Waals surface area contributed by atoms with Gasteiger partial charge in [0.25, 0.3) is 0 Å². The van der Waals surface area contributed by atoms with Gasteiger partial charge in [-0.2, -0.15) is 4.98 Å². The van der Waals surface area contributed by atoms with E-state index >= 15 is 0 Å². The summed E-state index contributed by atoms with van der Waals surface area (Å²) >= 11 is 1.80. The van der Waals surface area contributed by atoms with Gasteiger partial charge in [-0.1, -0.05) is 5.16 Å². The number of rotatable bonds is 6. The van der Waals surface area contributed by atoms with Crippen LogP contribution in [0.1, 0.15) is 53.2 Å². The van der Waals surface area contributed by atoms with Crippen LogP contribution in [0.25, 0.3) is 0 Å². The average molecular weight is 347 g/mol. The SMILES string of the molecule is Cc1ncc(CN(C)[C@H]2CCCN(Cc3noc(C4CC4)n3)C2)s1. The molecule has 0 amide bonds. The molecule has 0 N–H and O–H groups in total. The maximum atomic E-state index is 5.38. The van der Waals surface area contributed by atoms with Crippen molar-refractivity contribution in [1.29, 1.82) is 0 Å². The number of thiazole rings is 1. The maximum Gasteiger partial charge on any atom is 0.229 e. The number of hydrogen-bond donors (Lipinski definition) is 0. The van der Waals surface area contributed by atoms with Crippen molar-refractivity contribution < 1.29 is 4.52 Å². The summed E-state index contributed by atoms with van der Waals surface area (Å²) in [6.07, 6.45) is 6.90. The van der Waals surface area contributed by atoms with Gasteiger partial charge in [0.15, 0.2) is 5.82 Å². The molecule has 1 aliphatic heterocycles. The van der Waals surface area contributed by atoms with Crippen molar-refractivity contribution in [3.8, 4) is 0 Å². The largest absolute Gasteiger partial charge is 0.339 e. The summed E-state index contributed by atoms with van der Waals surface area (Å²) in [6.45, 7) is 6.05. The fourth-order valence-electron chi connectivity index (χ4n) is 3.42. The lowest BCUT2D eigenvalue weighted by Crippen LogP contribution is -2.45. The second-order valence-electron chi connectivity index (χ2n) is 7.11. The van der Waals surface area contributed by atoms with Crippen molar-refractivity contribution in [2.45, 2.75) is 57.7 Å². The standard InChI is InChI=1S/C17H25N5OS/c1-12-18-8-15(24-12)10-21(2)14-4-3-7-22(9-14)11-16-19-17(23-20-16)13-5-6-13/h8,13-14H,3-7,9-11H2,1-2H3/t14-/m0/s1. The lowest BCUT2D eigenvalue weighted by atomic mass is 10.0. The van der Waals surface area contributed by atoms with Gasteiger partial charge in [0.05, 0.1) is 11.6 Å². The Morgan fingerprint density at radius 3 is 3.00 bits per heavy atom. The first-order chi connectivity index (χ1) is 11.7. The van der Waals surface area contributed by atoms with Gasteiger partial charge in [0, 0.05) is 36.1 Å². The first-order valence-electron chi connectivity index (χ1n) is 8.84. The van der Waals surface area contributed by atoms with Crippen LogP contribution in [0.2, 0.25) is 0 Å². The smallest absolute Gasteiger partial charge is 0.229 e. The number of nitrogens with zero attached hydrogens (tertiary/aromatic N) is 5. The molecule has 2 aromatic heterocycles. The second kappa shape index (κ2) is 6.90. The van der Waals surface area contributed by atoms with Crippen LogP contribution < -0.4 is 0 Å². The molecule has 4 rings (SSSR count). The van der Waals surface area contributed by atoms with Crippen molar-refractivity contribution in [3.05, 3.63) is 27.8 Å². The number of aromatic nitrogens is 3. The van der Waals surface area contributed by atoms with Crippen LogP contribution in [0.3, 0.4) is 0 Å². The summed E-state index contributed by atoms with van der Waals surface area (Å²) in [5.41, 5.74) is 0. The van der Waals surface area contributed by atoms with Crippen molar-refractivity contribution >= 4 is 11.3 Å². The van der Waals surface area contributed by atoms with Gasteiger partial charge in [-0.15, -0.1) is 11.3 Å². The quantitative estimate of drug-likeness (QED) is 0.801. The highest BCUT2D eigenvalue weighted by atomic mass is 32.1. The minimum atomic E-state index is 0.536. The van der Waals surface area contributed by atoms with E-state index in [4.69, 9.17) is 4.52 Å². The van der Waals surface area contributed by atoms with Crippen LogP contribution in [0.15, 0.2) is 10.7 Å². The summed E-state index contributed by atoms with van der Waals surface area (Å²) in [4.78, 5) is 15.2. The Kier molecular flexibility index (Phi) is 4.65. The Balaban J connectivity index is 1.32. The molecule has 130 valence electrons. The fraction of sp³-hybridized carbons (Fsp3) is 0.706. The fourth-order valence-corrected chi connectivity index (χ4v) is 4.27. The summed E-state index contributed by atoms with van der Waals surface area (Å²) in [6, 6.07) is 0.580. The maximum absolute atomic E-state index is 5.38. The van der Waals surface area contributed by atoms with E-state index in [0.29, 0.717) is 12.0 Å². The molecule has 1 atom stereocenters. The van der Waals surface area contributed by atoms with E-state index in [1.807, 2.05) is 6.20 Å². The number of likely N-dealkylation sites (N-methyl/N-ethyl adjacent to an activating group) is 1. The molecule has 1 aliphatic carbocycles. The van der Waals surface area contributed by atoms with Crippen molar-refractivity contribution in [1.82, 2.24) is 24.9 Å². The third-order valence-corrected chi connectivity index (χ3v) is 5.85. The molecule has 2 aliphatic rings. The second-order valence-corrected chi connectivity index (χ2v) is 8.43. The Morgan fingerprint density at radius 1 is 1.38 bits per heavy atom. The van der Waals surface area contributed by atoms with Gasteiger partial charge in [-0.3, -0.25) is 9.80 Å². The van der Waals surface area contributed by atoms with E-state index in [1.54, 1.807) is 11.3 Å². The van der Waals surface area contributed by atoms with Crippen LogP contribution in [0.5, 0.6) is 0 Å². The van der Waals surface area contributed by atoms with Crippen LogP contribution in [0, 0.1) is 6.92 Å². The zero-order chi connectivity index (χ0) is 16.5. The van der Waals surface area contributed by atoms with Gasteiger partial charge in [-0.25, -0.2) is 4.98 Å².